The van der Waals surface area contributed by atoms with Crippen molar-refractivity contribution in [3.63, 3.8) is 0 Å². The second-order valence-corrected chi connectivity index (χ2v) is 6.07. The second-order valence-electron chi connectivity index (χ2n) is 6.07. The lowest BCUT2D eigenvalue weighted by Crippen LogP contribution is -2.48. The number of piperazine rings is 1. The fraction of sp³-hybridized carbons (Fsp3) is 0.529. The number of nitrogens with zero attached hydrogens (tertiary/aromatic N) is 2. The minimum atomic E-state index is -0.482. The molecule has 2 aliphatic heterocycles. The Morgan fingerprint density at radius 3 is 2.74 bits per heavy atom. The third-order valence-electron chi connectivity index (χ3n) is 4.50. The van der Waals surface area contributed by atoms with Crippen LogP contribution in [0.2, 0.25) is 0 Å². The first-order chi connectivity index (χ1) is 11.1. The maximum Gasteiger partial charge on any atom is 0.265 e. The van der Waals surface area contributed by atoms with Gasteiger partial charge in [0.05, 0.1) is 12.1 Å². The van der Waals surface area contributed by atoms with Gasteiger partial charge < -0.3 is 19.9 Å². The van der Waals surface area contributed by atoms with Gasteiger partial charge in [-0.3, -0.25) is 9.59 Å². The number of anilines is 1. The van der Waals surface area contributed by atoms with Crippen molar-refractivity contribution in [2.75, 3.05) is 38.0 Å². The summed E-state index contributed by atoms with van der Waals surface area (Å²) in [6.45, 7) is 8.34. The molecule has 2 amide bonds. The Labute approximate surface area is 136 Å². The number of benzene rings is 1. The Morgan fingerprint density at radius 2 is 2.04 bits per heavy atom. The maximum absolute atomic E-state index is 12.4. The molecule has 2 aliphatic rings. The fourth-order valence-electron chi connectivity index (χ4n) is 2.97. The van der Waals surface area contributed by atoms with Gasteiger partial charge in [-0.15, -0.1) is 0 Å². The summed E-state index contributed by atoms with van der Waals surface area (Å²) in [5, 5.41) is 2.82. The minimum Gasteiger partial charge on any atom is -0.479 e. The molecule has 1 N–H and O–H groups in total. The zero-order chi connectivity index (χ0) is 16.4. The van der Waals surface area contributed by atoms with Gasteiger partial charge in [-0.2, -0.15) is 0 Å². The average Bonchev–Trinajstić information content (AvgIpc) is 2.56. The van der Waals surface area contributed by atoms with Gasteiger partial charge in [0.1, 0.15) is 5.75 Å². The molecule has 2 heterocycles. The van der Waals surface area contributed by atoms with Crippen molar-refractivity contribution in [2.24, 2.45) is 0 Å². The van der Waals surface area contributed by atoms with Gasteiger partial charge in [-0.1, -0.05) is 13.0 Å². The predicted octanol–water partition coefficient (Wildman–Crippen LogP) is 1.11. The molecule has 0 saturated carbocycles. The molecule has 23 heavy (non-hydrogen) atoms. The molecule has 6 heteroatoms. The monoisotopic (exact) mass is 317 g/mol. The van der Waals surface area contributed by atoms with Gasteiger partial charge in [0, 0.05) is 26.2 Å². The average molecular weight is 317 g/mol. The number of nitrogens with one attached hydrogen (secondary N) is 1. The van der Waals surface area contributed by atoms with Crippen LogP contribution in [-0.2, 0) is 16.0 Å². The molecule has 0 spiro atoms. The highest BCUT2D eigenvalue weighted by Gasteiger charge is 2.24. The van der Waals surface area contributed by atoms with Crippen molar-refractivity contribution in [1.82, 2.24) is 9.80 Å². The number of carbonyl (C=O) groups excluding carboxylic acids is 2. The number of rotatable bonds is 3. The molecule has 1 aromatic carbocycles. The number of hydrogen-bond donors (Lipinski definition) is 1. The van der Waals surface area contributed by atoms with Crippen molar-refractivity contribution in [1.29, 1.82) is 0 Å². The van der Waals surface area contributed by atoms with Gasteiger partial charge in [0.25, 0.3) is 5.91 Å². The quantitative estimate of drug-likeness (QED) is 0.907. The highest BCUT2D eigenvalue weighted by atomic mass is 16.5. The Balaban J connectivity index is 1.63. The number of carbonyl (C=O) groups is 2. The molecule has 0 aromatic heterocycles. The molecule has 1 aromatic rings. The number of hydrogen-bond acceptors (Lipinski definition) is 4. The molecule has 0 radical (unpaired) electrons. The van der Waals surface area contributed by atoms with E-state index in [4.69, 9.17) is 4.74 Å². The second kappa shape index (κ2) is 6.58. The van der Waals surface area contributed by atoms with Crippen molar-refractivity contribution < 1.29 is 14.3 Å². The normalized spacial score (nSPS) is 21.4. The lowest BCUT2D eigenvalue weighted by Gasteiger charge is -2.34. The summed E-state index contributed by atoms with van der Waals surface area (Å²) in [6.07, 6.45) is -0.130. The Kier molecular flexibility index (Phi) is 4.52. The van der Waals surface area contributed by atoms with Gasteiger partial charge in [0.15, 0.2) is 6.10 Å². The van der Waals surface area contributed by atoms with Gasteiger partial charge >= 0.3 is 0 Å². The molecule has 3 rings (SSSR count). The predicted molar refractivity (Wildman–Crippen MR) is 87.6 cm³/mol. The fourth-order valence-corrected chi connectivity index (χ4v) is 2.97. The van der Waals surface area contributed by atoms with E-state index in [9.17, 15) is 9.59 Å². The van der Waals surface area contributed by atoms with E-state index in [1.807, 2.05) is 23.1 Å². The van der Waals surface area contributed by atoms with Crippen LogP contribution in [0.4, 0.5) is 5.69 Å². The van der Waals surface area contributed by atoms with Crippen LogP contribution < -0.4 is 10.1 Å². The Hall–Kier alpha value is -2.08. The van der Waals surface area contributed by atoms with E-state index in [1.165, 1.54) is 0 Å². The smallest absolute Gasteiger partial charge is 0.265 e. The summed E-state index contributed by atoms with van der Waals surface area (Å²) in [5.41, 5.74) is 1.54. The van der Waals surface area contributed by atoms with E-state index in [1.54, 1.807) is 6.92 Å². The van der Waals surface area contributed by atoms with Crippen LogP contribution in [-0.4, -0.2) is 60.4 Å². The third-order valence-corrected chi connectivity index (χ3v) is 4.50. The van der Waals surface area contributed by atoms with Crippen molar-refractivity contribution in [3.05, 3.63) is 23.8 Å². The lowest BCUT2D eigenvalue weighted by molar-refractivity contribution is -0.132. The first kappa shape index (κ1) is 15.8. The van der Waals surface area contributed by atoms with Crippen LogP contribution in [0.1, 0.15) is 19.4 Å². The van der Waals surface area contributed by atoms with E-state index < -0.39 is 6.10 Å². The van der Waals surface area contributed by atoms with Crippen LogP contribution in [0.15, 0.2) is 18.2 Å². The van der Waals surface area contributed by atoms with Crippen molar-refractivity contribution >= 4 is 17.5 Å². The first-order valence-corrected chi connectivity index (χ1v) is 8.17. The molecule has 1 saturated heterocycles. The molecule has 0 bridgehead atoms. The maximum atomic E-state index is 12.4. The van der Waals surface area contributed by atoms with E-state index in [0.29, 0.717) is 17.9 Å². The zero-order valence-corrected chi connectivity index (χ0v) is 13.7. The van der Waals surface area contributed by atoms with Crippen LogP contribution in [0, 0.1) is 0 Å². The molecular weight excluding hydrogens is 294 g/mol. The van der Waals surface area contributed by atoms with Gasteiger partial charge in [-0.05, 0) is 31.2 Å². The van der Waals surface area contributed by atoms with E-state index in [2.05, 4.69) is 17.1 Å². The number of ether oxygens (including phenoxy) is 1. The van der Waals surface area contributed by atoms with Crippen LogP contribution in [0.5, 0.6) is 5.75 Å². The zero-order valence-electron chi connectivity index (χ0n) is 13.7. The summed E-state index contributed by atoms with van der Waals surface area (Å²) < 4.78 is 5.53. The molecule has 124 valence electrons. The van der Waals surface area contributed by atoms with Gasteiger partial charge in [0.2, 0.25) is 5.91 Å². The van der Waals surface area contributed by atoms with E-state index in [0.717, 1.165) is 38.3 Å². The lowest BCUT2D eigenvalue weighted by atomic mass is 10.1. The van der Waals surface area contributed by atoms with Crippen molar-refractivity contribution in [2.45, 2.75) is 26.4 Å². The minimum absolute atomic E-state index is 0.136. The molecule has 6 nitrogen and oxygen atoms in total. The summed E-state index contributed by atoms with van der Waals surface area (Å²) >= 11 is 0. The molecule has 1 unspecified atom stereocenters. The van der Waals surface area contributed by atoms with E-state index >= 15 is 0 Å². The van der Waals surface area contributed by atoms with Gasteiger partial charge in [-0.25, -0.2) is 0 Å². The van der Waals surface area contributed by atoms with Crippen LogP contribution in [0.25, 0.3) is 0 Å². The SMILES string of the molecule is CCN1CCN(C(=O)Cc2ccc3c(c2)NC(=O)C(C)O3)CC1. The van der Waals surface area contributed by atoms with E-state index in [-0.39, 0.29) is 11.8 Å². The van der Waals surface area contributed by atoms with Crippen LogP contribution >= 0.6 is 0 Å². The Morgan fingerprint density at radius 1 is 1.30 bits per heavy atom. The number of fused-ring (bicyclic) bond motifs is 1. The third kappa shape index (κ3) is 3.47. The van der Waals surface area contributed by atoms with Crippen molar-refractivity contribution in [3.8, 4) is 5.75 Å². The number of likely N-dealkylation sites (N-methyl/N-ethyl adjacent to an activating group) is 1. The Bertz CT molecular complexity index is 609. The molecule has 0 aliphatic carbocycles. The summed E-state index contributed by atoms with van der Waals surface area (Å²) in [4.78, 5) is 28.4. The number of amides is 2. The topological polar surface area (TPSA) is 61.9 Å². The molecule has 1 fully saturated rings. The summed E-state index contributed by atoms with van der Waals surface area (Å²) in [5.74, 6) is 0.638. The highest BCUT2D eigenvalue weighted by molar-refractivity contribution is 5.97. The highest BCUT2D eigenvalue weighted by Crippen LogP contribution is 2.30. The van der Waals surface area contributed by atoms with Crippen LogP contribution in [0.3, 0.4) is 0 Å². The largest absolute Gasteiger partial charge is 0.479 e. The summed E-state index contributed by atoms with van der Waals surface area (Å²) in [7, 11) is 0. The molecular formula is C17H23N3O3. The standard InChI is InChI=1S/C17H23N3O3/c1-3-19-6-8-20(9-7-19)16(21)11-13-4-5-15-14(10-13)18-17(22)12(2)23-15/h4-5,10,12H,3,6-9,11H2,1-2H3,(H,18,22). The first-order valence-electron chi connectivity index (χ1n) is 8.17. The molecule has 1 atom stereocenters. The summed E-state index contributed by atoms with van der Waals surface area (Å²) in [6, 6.07) is 5.55.